The van der Waals surface area contributed by atoms with E-state index in [1.807, 2.05) is 62.1 Å². The minimum Gasteiger partial charge on any atom is -0.356 e. The summed E-state index contributed by atoms with van der Waals surface area (Å²) in [5.74, 6) is 0.775. The Balaban J connectivity index is 1.39. The van der Waals surface area contributed by atoms with Gasteiger partial charge in [0.15, 0.2) is 0 Å². The van der Waals surface area contributed by atoms with E-state index in [0.29, 0.717) is 54.4 Å². The molecule has 4 rings (SSSR count). The number of hydrogen-bond acceptors (Lipinski definition) is 4. The number of piperidine rings is 1. The van der Waals surface area contributed by atoms with Gasteiger partial charge < -0.3 is 10.2 Å². The lowest BCUT2D eigenvalue weighted by Crippen LogP contribution is -2.43. The zero-order valence-corrected chi connectivity index (χ0v) is 21.2. The Hall–Kier alpha value is -2.93. The molecular weight excluding hydrogens is 446 g/mol. The molecule has 6 nitrogen and oxygen atoms in total. The molecule has 180 valence electrons. The van der Waals surface area contributed by atoms with Crippen LogP contribution in [-0.4, -0.2) is 44.7 Å². The number of amidine groups is 1. The van der Waals surface area contributed by atoms with E-state index >= 15 is 0 Å². The number of rotatable bonds is 5. The van der Waals surface area contributed by atoms with Crippen molar-refractivity contribution in [3.8, 4) is 0 Å². The van der Waals surface area contributed by atoms with Gasteiger partial charge in [-0.1, -0.05) is 55.5 Å². The molecule has 1 unspecified atom stereocenters. The Bertz CT molecular complexity index is 1240. The highest BCUT2D eigenvalue weighted by atomic mass is 32.2. The molecule has 1 fully saturated rings. The summed E-state index contributed by atoms with van der Waals surface area (Å²) >= 11 is 0. The van der Waals surface area contributed by atoms with Crippen LogP contribution in [-0.2, 0) is 14.8 Å². The van der Waals surface area contributed by atoms with Crippen LogP contribution in [0.1, 0.15) is 54.9 Å². The van der Waals surface area contributed by atoms with Crippen molar-refractivity contribution in [2.24, 2.45) is 10.3 Å². The Kier molecular flexibility index (Phi) is 6.94. The number of likely N-dealkylation sites (tertiary alicyclic amines) is 1. The number of carbonyl (C=O) groups excluding carboxylic acids is 1. The van der Waals surface area contributed by atoms with Crippen molar-refractivity contribution in [1.29, 1.82) is 0 Å². The van der Waals surface area contributed by atoms with Gasteiger partial charge >= 0.3 is 0 Å². The number of sulfonamides is 1. The smallest absolute Gasteiger partial charge is 0.285 e. The minimum atomic E-state index is -3.75. The monoisotopic (exact) mass is 479 g/mol. The Morgan fingerprint density at radius 2 is 1.74 bits per heavy atom. The first-order valence-electron chi connectivity index (χ1n) is 11.9. The van der Waals surface area contributed by atoms with Crippen LogP contribution in [0.15, 0.2) is 58.5 Å². The lowest BCUT2D eigenvalue weighted by molar-refractivity contribution is -0.126. The summed E-state index contributed by atoms with van der Waals surface area (Å²) in [7, 11) is -3.75. The van der Waals surface area contributed by atoms with Crippen LogP contribution in [0.25, 0.3) is 4.91 Å². The van der Waals surface area contributed by atoms with Gasteiger partial charge in [0.25, 0.3) is 10.0 Å². The van der Waals surface area contributed by atoms with Gasteiger partial charge in [-0.2, -0.15) is 8.42 Å². The first kappa shape index (κ1) is 24.2. The fraction of sp³-hybridized carbons (Fsp3) is 0.407. The van der Waals surface area contributed by atoms with E-state index in [1.54, 1.807) is 0 Å². The summed E-state index contributed by atoms with van der Waals surface area (Å²) in [6.07, 6.45) is 1.35. The molecule has 0 aromatic heterocycles. The van der Waals surface area contributed by atoms with E-state index in [4.69, 9.17) is 0 Å². The number of benzene rings is 2. The van der Waals surface area contributed by atoms with Gasteiger partial charge in [-0.15, -0.1) is 4.40 Å². The van der Waals surface area contributed by atoms with Crippen molar-refractivity contribution in [1.82, 2.24) is 10.2 Å². The fourth-order valence-corrected chi connectivity index (χ4v) is 6.19. The number of nitrogens with zero attached hydrogens (tertiary/aromatic N) is 2. The highest BCUT2D eigenvalue weighted by molar-refractivity contribution is 8.00. The van der Waals surface area contributed by atoms with Crippen molar-refractivity contribution in [3.05, 3.63) is 76.4 Å². The molecule has 0 spiro atoms. The number of carbonyl (C=O) groups is 1. The molecule has 2 aliphatic heterocycles. The van der Waals surface area contributed by atoms with E-state index in [1.165, 1.54) is 5.56 Å². The molecule has 2 aliphatic rings. The molecule has 1 saturated heterocycles. The molecule has 2 aromatic rings. The van der Waals surface area contributed by atoms with Crippen molar-refractivity contribution in [2.75, 3.05) is 19.6 Å². The summed E-state index contributed by atoms with van der Waals surface area (Å²) in [6.45, 7) is 9.75. The van der Waals surface area contributed by atoms with Gasteiger partial charge in [-0.05, 0) is 61.8 Å². The summed E-state index contributed by atoms with van der Waals surface area (Å²) in [6, 6.07) is 15.9. The van der Waals surface area contributed by atoms with Gasteiger partial charge in [0.2, 0.25) is 5.91 Å². The Labute approximate surface area is 202 Å². The predicted molar refractivity (Wildman–Crippen MR) is 137 cm³/mol. The van der Waals surface area contributed by atoms with Crippen molar-refractivity contribution < 1.29 is 13.2 Å². The van der Waals surface area contributed by atoms with Gasteiger partial charge in [-0.25, -0.2) is 0 Å². The fourth-order valence-electron chi connectivity index (χ4n) is 4.72. The minimum absolute atomic E-state index is 0.0682. The highest BCUT2D eigenvalue weighted by Crippen LogP contribution is 2.35. The highest BCUT2D eigenvalue weighted by Gasteiger charge is 2.35. The third-order valence-corrected chi connectivity index (χ3v) is 8.50. The number of hydrogen-bond donors (Lipinski definition) is 1. The van der Waals surface area contributed by atoms with E-state index in [9.17, 15) is 13.2 Å². The van der Waals surface area contributed by atoms with E-state index in [0.717, 1.165) is 11.1 Å². The van der Waals surface area contributed by atoms with Crippen LogP contribution < -0.4 is 5.32 Å². The van der Waals surface area contributed by atoms with Crippen LogP contribution in [0.3, 0.4) is 0 Å². The molecule has 0 bridgehead atoms. The maximum absolute atomic E-state index is 12.9. The van der Waals surface area contributed by atoms with Crippen LogP contribution >= 0.6 is 0 Å². The second kappa shape index (κ2) is 9.74. The summed E-state index contributed by atoms with van der Waals surface area (Å²) < 4.78 is 30.0. The second-order valence-corrected chi connectivity index (χ2v) is 11.0. The maximum Gasteiger partial charge on any atom is 0.285 e. The first-order chi connectivity index (χ1) is 16.2. The second-order valence-electron chi connectivity index (χ2n) is 9.46. The van der Waals surface area contributed by atoms with E-state index in [2.05, 4.69) is 28.8 Å². The van der Waals surface area contributed by atoms with Gasteiger partial charge in [0.1, 0.15) is 10.7 Å². The van der Waals surface area contributed by atoms with Crippen LogP contribution in [0.5, 0.6) is 0 Å². The average molecular weight is 480 g/mol. The quantitative estimate of drug-likeness (QED) is 0.689. The average Bonchev–Trinajstić information content (AvgIpc) is 3.08. The molecule has 1 amide bonds. The normalized spacial score (nSPS) is 19.2. The molecule has 0 aliphatic carbocycles. The molecule has 2 heterocycles. The molecular formula is C27H33N3O3S. The van der Waals surface area contributed by atoms with Crippen molar-refractivity contribution in [3.63, 3.8) is 0 Å². The standard InChI is InChI=1S/C27H33N3O3S/c1-18-10-11-24(16-19(18)2)25-21(4)26(29-34(25,32)33)30-14-12-23(13-15-30)27(31)28-17-20(3)22-8-6-5-7-9-22/h5-11,16,20,23H,12-15,17H2,1-4H3,(H,28,31). The predicted octanol–water partition coefficient (Wildman–Crippen LogP) is 4.41. The van der Waals surface area contributed by atoms with E-state index < -0.39 is 10.0 Å². The van der Waals surface area contributed by atoms with Gasteiger partial charge in [-0.3, -0.25) is 4.79 Å². The summed E-state index contributed by atoms with van der Waals surface area (Å²) in [4.78, 5) is 15.1. The molecule has 1 N–H and O–H groups in total. The SMILES string of the molecule is CC1=C(c2ccc(C)c(C)c2)S(=O)(=O)N=C1N1CCC(C(=O)NCC(C)c2ccccc2)CC1. The number of amides is 1. The van der Waals surface area contributed by atoms with E-state index in [-0.39, 0.29) is 17.7 Å². The lowest BCUT2D eigenvalue weighted by atomic mass is 9.94. The van der Waals surface area contributed by atoms with Crippen LogP contribution in [0.4, 0.5) is 0 Å². The number of nitrogens with one attached hydrogen (secondary N) is 1. The summed E-state index contributed by atoms with van der Waals surface area (Å²) in [5, 5.41) is 3.10. The Morgan fingerprint density at radius 1 is 1.06 bits per heavy atom. The molecule has 1 atom stereocenters. The van der Waals surface area contributed by atoms with Gasteiger partial charge in [0.05, 0.1) is 0 Å². The first-order valence-corrected chi connectivity index (χ1v) is 13.3. The van der Waals surface area contributed by atoms with Crippen LogP contribution in [0, 0.1) is 19.8 Å². The lowest BCUT2D eigenvalue weighted by Gasteiger charge is -2.33. The maximum atomic E-state index is 12.9. The topological polar surface area (TPSA) is 78.8 Å². The van der Waals surface area contributed by atoms with Crippen LogP contribution in [0.2, 0.25) is 0 Å². The Morgan fingerprint density at radius 3 is 2.38 bits per heavy atom. The third kappa shape index (κ3) is 4.94. The zero-order chi connectivity index (χ0) is 24.5. The molecule has 2 aromatic carbocycles. The third-order valence-electron chi connectivity index (χ3n) is 7.03. The molecule has 34 heavy (non-hydrogen) atoms. The van der Waals surface area contributed by atoms with Crippen molar-refractivity contribution in [2.45, 2.75) is 46.5 Å². The van der Waals surface area contributed by atoms with Gasteiger partial charge in [0, 0.05) is 31.1 Å². The number of aryl methyl sites for hydroxylation is 2. The molecule has 0 saturated carbocycles. The van der Waals surface area contributed by atoms with Crippen molar-refractivity contribution >= 4 is 26.7 Å². The largest absolute Gasteiger partial charge is 0.356 e. The summed E-state index contributed by atoms with van der Waals surface area (Å²) in [5.41, 5.74) is 4.75. The molecule has 0 radical (unpaired) electrons. The molecule has 7 heteroatoms. The zero-order valence-electron chi connectivity index (χ0n) is 20.3.